The van der Waals surface area contributed by atoms with E-state index in [4.69, 9.17) is 9.47 Å². The Labute approximate surface area is 224 Å². The first kappa shape index (κ1) is 26.5. The van der Waals surface area contributed by atoms with Gasteiger partial charge >= 0.3 is 0 Å². The summed E-state index contributed by atoms with van der Waals surface area (Å²) < 4.78 is 13.1. The van der Waals surface area contributed by atoms with Crippen LogP contribution in [-0.2, 0) is 4.79 Å². The van der Waals surface area contributed by atoms with Crippen molar-refractivity contribution < 1.29 is 14.3 Å². The lowest BCUT2D eigenvalue weighted by Gasteiger charge is -2.13. The number of hydrogen-bond donors (Lipinski definition) is 1. The second kappa shape index (κ2) is 12.1. The Kier molecular flexibility index (Phi) is 8.41. The number of aromatic nitrogens is 1. The molecule has 1 aromatic heterocycles. The van der Waals surface area contributed by atoms with E-state index in [1.54, 1.807) is 49.6 Å². The van der Waals surface area contributed by atoms with Gasteiger partial charge in [-0.05, 0) is 55.3 Å². The predicted octanol–water partition coefficient (Wildman–Crippen LogP) is 3.69. The molecule has 0 aliphatic carbocycles. The van der Waals surface area contributed by atoms with E-state index in [0.717, 1.165) is 22.5 Å². The highest BCUT2D eigenvalue weighted by atomic mass is 32.1. The number of nitrogens with one attached hydrogen (secondary N) is 1. The summed E-state index contributed by atoms with van der Waals surface area (Å²) in [6.07, 6.45) is 1.72. The van der Waals surface area contributed by atoms with Gasteiger partial charge in [-0.15, -0.1) is 11.3 Å². The van der Waals surface area contributed by atoms with E-state index < -0.39 is 5.91 Å². The van der Waals surface area contributed by atoms with Crippen molar-refractivity contribution in [3.05, 3.63) is 110 Å². The van der Waals surface area contributed by atoms with E-state index in [1.807, 2.05) is 62.4 Å². The first-order chi connectivity index (χ1) is 18.5. The van der Waals surface area contributed by atoms with Gasteiger partial charge in [-0.1, -0.05) is 54.6 Å². The molecule has 1 amide bonds. The molecular weight excluding hydrogens is 498 g/mol. The molecule has 1 atom stereocenters. The fourth-order valence-electron chi connectivity index (χ4n) is 3.95. The summed E-state index contributed by atoms with van der Waals surface area (Å²) in [5.74, 6) is 0.591. The molecule has 0 spiro atoms. The summed E-state index contributed by atoms with van der Waals surface area (Å²) in [6, 6.07) is 25.5. The SMILES string of the molecule is CCOc1ccc(C=c2sc(=C(C#N)C(=O)NC(C)c3ccccc3)n(-c3ccccc3)c2=O)cc1OC. The van der Waals surface area contributed by atoms with Gasteiger partial charge < -0.3 is 14.8 Å². The largest absolute Gasteiger partial charge is 0.493 e. The van der Waals surface area contributed by atoms with Crippen LogP contribution in [0.3, 0.4) is 0 Å². The molecule has 1 N–H and O–H groups in total. The minimum Gasteiger partial charge on any atom is -0.493 e. The molecule has 3 aromatic carbocycles. The van der Waals surface area contributed by atoms with Crippen molar-refractivity contribution in [1.82, 2.24) is 9.88 Å². The van der Waals surface area contributed by atoms with Crippen LogP contribution < -0.4 is 29.5 Å². The van der Waals surface area contributed by atoms with E-state index in [0.29, 0.717) is 28.3 Å². The third-order valence-electron chi connectivity index (χ3n) is 5.82. The fraction of sp³-hybridized carbons (Fsp3) is 0.167. The first-order valence-electron chi connectivity index (χ1n) is 12.1. The maximum atomic E-state index is 13.6. The molecule has 4 rings (SSSR count). The Hall–Kier alpha value is -4.61. The number of ether oxygens (including phenoxy) is 2. The van der Waals surface area contributed by atoms with Gasteiger partial charge in [0.2, 0.25) is 0 Å². The van der Waals surface area contributed by atoms with E-state index >= 15 is 0 Å². The fourth-order valence-corrected chi connectivity index (χ4v) is 5.05. The molecule has 0 bridgehead atoms. The van der Waals surface area contributed by atoms with Gasteiger partial charge in [0.25, 0.3) is 11.5 Å². The number of nitrogens with zero attached hydrogens (tertiary/aromatic N) is 2. The first-order valence-corrected chi connectivity index (χ1v) is 12.9. The summed E-state index contributed by atoms with van der Waals surface area (Å²) in [4.78, 5) is 26.9. The number of hydrogen-bond acceptors (Lipinski definition) is 6. The Bertz CT molecular complexity index is 1650. The van der Waals surface area contributed by atoms with Crippen molar-refractivity contribution in [1.29, 1.82) is 5.26 Å². The quantitative estimate of drug-likeness (QED) is 0.379. The molecule has 38 heavy (non-hydrogen) atoms. The van der Waals surface area contributed by atoms with Crippen LogP contribution in [0.15, 0.2) is 83.7 Å². The third kappa shape index (κ3) is 5.69. The minimum atomic E-state index is -0.552. The molecule has 7 nitrogen and oxygen atoms in total. The number of para-hydroxylation sites is 1. The van der Waals surface area contributed by atoms with Gasteiger partial charge in [0.15, 0.2) is 17.1 Å². The Morgan fingerprint density at radius 1 is 1.08 bits per heavy atom. The van der Waals surface area contributed by atoms with Crippen LogP contribution in [0.5, 0.6) is 11.5 Å². The Morgan fingerprint density at radius 2 is 1.76 bits per heavy atom. The van der Waals surface area contributed by atoms with E-state index in [-0.39, 0.29) is 21.8 Å². The lowest BCUT2D eigenvalue weighted by Crippen LogP contribution is -2.34. The number of carbonyl (C=O) groups is 1. The molecule has 8 heteroatoms. The number of thiazole rings is 1. The number of methoxy groups -OCH3 is 1. The summed E-state index contributed by atoms with van der Waals surface area (Å²) in [7, 11) is 1.55. The molecule has 0 aliphatic heterocycles. The van der Waals surface area contributed by atoms with Gasteiger partial charge in [-0.25, -0.2) is 0 Å². The van der Waals surface area contributed by atoms with Crippen molar-refractivity contribution in [3.63, 3.8) is 0 Å². The average molecular weight is 526 g/mol. The molecule has 0 aliphatic rings. The summed E-state index contributed by atoms with van der Waals surface area (Å²) >= 11 is 1.09. The summed E-state index contributed by atoms with van der Waals surface area (Å²) in [5.41, 5.74) is 1.71. The van der Waals surface area contributed by atoms with Crippen LogP contribution in [0.25, 0.3) is 17.3 Å². The highest BCUT2D eigenvalue weighted by Gasteiger charge is 2.19. The van der Waals surface area contributed by atoms with Gasteiger partial charge in [0.1, 0.15) is 10.7 Å². The average Bonchev–Trinajstić information content (AvgIpc) is 3.25. The van der Waals surface area contributed by atoms with Crippen LogP contribution in [0, 0.1) is 11.3 Å². The second-order valence-corrected chi connectivity index (χ2v) is 9.36. The van der Waals surface area contributed by atoms with E-state index in [9.17, 15) is 14.9 Å². The molecule has 0 fully saturated rings. The van der Waals surface area contributed by atoms with Crippen LogP contribution in [0.4, 0.5) is 0 Å². The van der Waals surface area contributed by atoms with Crippen LogP contribution >= 0.6 is 11.3 Å². The van der Waals surface area contributed by atoms with Crippen molar-refractivity contribution >= 4 is 28.9 Å². The second-order valence-electron chi connectivity index (χ2n) is 8.33. The molecular formula is C30H27N3O4S. The van der Waals surface area contributed by atoms with Gasteiger partial charge in [-0.3, -0.25) is 14.2 Å². The number of carbonyl (C=O) groups excluding carboxylic acids is 1. The van der Waals surface area contributed by atoms with Gasteiger partial charge in [0, 0.05) is 0 Å². The zero-order valence-corrected chi connectivity index (χ0v) is 22.1. The molecule has 1 heterocycles. The molecule has 0 radical (unpaired) electrons. The number of nitriles is 1. The zero-order valence-electron chi connectivity index (χ0n) is 21.3. The standard InChI is InChI=1S/C30H27N3O4S/c1-4-37-25-16-15-21(17-26(25)36-3)18-27-29(35)33(23-13-9-6-10-14-23)30(38-27)24(19-31)28(34)32-20(2)22-11-7-5-8-12-22/h5-18,20H,4H2,1-3H3,(H,32,34). The smallest absolute Gasteiger partial charge is 0.273 e. The lowest BCUT2D eigenvalue weighted by atomic mass is 10.1. The highest BCUT2D eigenvalue weighted by molar-refractivity contribution is 7.07. The minimum absolute atomic E-state index is 0.136. The Balaban J connectivity index is 1.88. The van der Waals surface area contributed by atoms with E-state index in [2.05, 4.69) is 5.32 Å². The summed E-state index contributed by atoms with van der Waals surface area (Å²) in [5, 5.41) is 12.9. The molecule has 0 saturated heterocycles. The number of rotatable bonds is 8. The zero-order chi connectivity index (χ0) is 27.1. The lowest BCUT2D eigenvalue weighted by molar-refractivity contribution is -0.116. The maximum Gasteiger partial charge on any atom is 0.273 e. The van der Waals surface area contributed by atoms with Gasteiger partial charge in [0.05, 0.1) is 30.0 Å². The maximum absolute atomic E-state index is 13.6. The highest BCUT2D eigenvalue weighted by Crippen LogP contribution is 2.28. The number of benzene rings is 3. The van der Waals surface area contributed by atoms with Crippen molar-refractivity contribution in [3.8, 4) is 23.3 Å². The van der Waals surface area contributed by atoms with Crippen LogP contribution in [0.1, 0.15) is 31.0 Å². The number of amides is 1. The molecule has 4 aromatic rings. The molecule has 0 saturated carbocycles. The monoisotopic (exact) mass is 525 g/mol. The summed E-state index contributed by atoms with van der Waals surface area (Å²) in [6.45, 7) is 4.23. The Morgan fingerprint density at radius 3 is 2.39 bits per heavy atom. The van der Waals surface area contributed by atoms with Crippen molar-refractivity contribution in [2.75, 3.05) is 13.7 Å². The van der Waals surface area contributed by atoms with Crippen molar-refractivity contribution in [2.24, 2.45) is 0 Å². The topological polar surface area (TPSA) is 93.4 Å². The van der Waals surface area contributed by atoms with Crippen LogP contribution in [-0.4, -0.2) is 24.2 Å². The molecule has 192 valence electrons. The predicted molar refractivity (Wildman–Crippen MR) is 149 cm³/mol. The third-order valence-corrected chi connectivity index (χ3v) is 6.92. The molecule has 1 unspecified atom stereocenters. The normalized spacial score (nSPS) is 12.8. The van der Waals surface area contributed by atoms with Crippen LogP contribution in [0.2, 0.25) is 0 Å². The van der Waals surface area contributed by atoms with E-state index in [1.165, 1.54) is 4.57 Å². The van der Waals surface area contributed by atoms with Crippen molar-refractivity contribution in [2.45, 2.75) is 19.9 Å². The van der Waals surface area contributed by atoms with Gasteiger partial charge in [-0.2, -0.15) is 5.26 Å².